The van der Waals surface area contributed by atoms with E-state index in [1.165, 1.54) is 0 Å². The molecule has 4 heteroatoms. The Morgan fingerprint density at radius 1 is 1.58 bits per heavy atom. The molecule has 0 amide bonds. The average Bonchev–Trinajstić information content (AvgIpc) is 1.98. The molecule has 0 aliphatic carbocycles. The van der Waals surface area contributed by atoms with E-state index < -0.39 is 6.10 Å². The fourth-order valence-electron chi connectivity index (χ4n) is 1.05. The highest BCUT2D eigenvalue weighted by Crippen LogP contribution is 2.10. The van der Waals surface area contributed by atoms with Gasteiger partial charge in [-0.25, -0.2) is 0 Å². The molecule has 12 heavy (non-hydrogen) atoms. The zero-order valence-corrected chi connectivity index (χ0v) is 7.69. The van der Waals surface area contributed by atoms with E-state index in [0.717, 1.165) is 12.8 Å². The zero-order valence-electron chi connectivity index (χ0n) is 7.69. The van der Waals surface area contributed by atoms with Crippen LogP contribution in [0.1, 0.15) is 33.1 Å². The summed E-state index contributed by atoms with van der Waals surface area (Å²) in [5.41, 5.74) is 0. The highest BCUT2D eigenvalue weighted by atomic mass is 16.6. The van der Waals surface area contributed by atoms with Crippen LogP contribution >= 0.6 is 0 Å². The molecule has 2 unspecified atom stereocenters. The second-order valence-corrected chi connectivity index (χ2v) is 3.20. The number of hydrogen-bond donors (Lipinski definition) is 1. The van der Waals surface area contributed by atoms with Crippen LogP contribution in [0.3, 0.4) is 0 Å². The Kier molecular flexibility index (Phi) is 5.62. The van der Waals surface area contributed by atoms with Gasteiger partial charge in [0.15, 0.2) is 0 Å². The molecular weight excluding hydrogens is 158 g/mol. The molecule has 72 valence electrons. The Labute approximate surface area is 72.7 Å². The summed E-state index contributed by atoms with van der Waals surface area (Å²) in [6.07, 6.45) is 2.10. The largest absolute Gasteiger partial charge is 0.393 e. The van der Waals surface area contributed by atoms with Crippen molar-refractivity contribution in [3.63, 3.8) is 0 Å². The van der Waals surface area contributed by atoms with Gasteiger partial charge in [0.25, 0.3) is 0 Å². The van der Waals surface area contributed by atoms with Gasteiger partial charge in [-0.2, -0.15) is 0 Å². The Bertz CT molecular complexity index is 138. The topological polar surface area (TPSA) is 63.4 Å². The fourth-order valence-corrected chi connectivity index (χ4v) is 1.05. The van der Waals surface area contributed by atoms with Gasteiger partial charge >= 0.3 is 0 Å². The third kappa shape index (κ3) is 5.07. The van der Waals surface area contributed by atoms with E-state index in [2.05, 4.69) is 0 Å². The van der Waals surface area contributed by atoms with Crippen LogP contribution in [0, 0.1) is 16.0 Å². The predicted octanol–water partition coefficient (Wildman–Crippen LogP) is 1.45. The van der Waals surface area contributed by atoms with Crippen molar-refractivity contribution < 1.29 is 10.0 Å². The summed E-state index contributed by atoms with van der Waals surface area (Å²) in [5, 5.41) is 19.5. The molecule has 0 aromatic heterocycles. The van der Waals surface area contributed by atoms with E-state index >= 15 is 0 Å². The van der Waals surface area contributed by atoms with E-state index in [4.69, 9.17) is 0 Å². The highest BCUT2D eigenvalue weighted by Gasteiger charge is 2.18. The number of aliphatic hydroxyl groups is 1. The molecule has 0 saturated carbocycles. The first-order valence-corrected chi connectivity index (χ1v) is 4.37. The van der Waals surface area contributed by atoms with Crippen molar-refractivity contribution in [2.45, 2.75) is 39.2 Å². The van der Waals surface area contributed by atoms with Crippen molar-refractivity contribution in [1.82, 2.24) is 0 Å². The van der Waals surface area contributed by atoms with Gasteiger partial charge in [0.05, 0.1) is 6.10 Å². The van der Waals surface area contributed by atoms with Crippen LogP contribution < -0.4 is 0 Å². The first-order chi connectivity index (χ1) is 5.57. The summed E-state index contributed by atoms with van der Waals surface area (Å²) in [4.78, 5) is 9.71. The van der Waals surface area contributed by atoms with Gasteiger partial charge in [0.1, 0.15) is 0 Å². The molecule has 0 spiro atoms. The van der Waals surface area contributed by atoms with Crippen LogP contribution in [0.15, 0.2) is 0 Å². The SMILES string of the molecule is CCCCC(O)C(C)C[N+](=O)[O-]. The summed E-state index contributed by atoms with van der Waals surface area (Å²) >= 11 is 0. The molecule has 2 atom stereocenters. The van der Waals surface area contributed by atoms with Gasteiger partial charge in [0.2, 0.25) is 6.54 Å². The van der Waals surface area contributed by atoms with Crippen LogP contribution in [0.4, 0.5) is 0 Å². The fraction of sp³-hybridized carbons (Fsp3) is 1.00. The van der Waals surface area contributed by atoms with Crippen molar-refractivity contribution >= 4 is 0 Å². The van der Waals surface area contributed by atoms with Crippen molar-refractivity contribution in [3.8, 4) is 0 Å². The van der Waals surface area contributed by atoms with Gasteiger partial charge in [-0.3, -0.25) is 10.1 Å². The quantitative estimate of drug-likeness (QED) is 0.491. The summed E-state index contributed by atoms with van der Waals surface area (Å²) in [6, 6.07) is 0. The maximum Gasteiger partial charge on any atom is 0.208 e. The molecule has 4 nitrogen and oxygen atoms in total. The number of rotatable bonds is 6. The smallest absolute Gasteiger partial charge is 0.208 e. The summed E-state index contributed by atoms with van der Waals surface area (Å²) < 4.78 is 0. The molecule has 0 fully saturated rings. The normalized spacial score (nSPS) is 15.6. The van der Waals surface area contributed by atoms with E-state index in [0.29, 0.717) is 6.42 Å². The van der Waals surface area contributed by atoms with E-state index in [1.807, 2.05) is 6.92 Å². The maximum absolute atomic E-state index is 10.1. The summed E-state index contributed by atoms with van der Waals surface area (Å²) in [7, 11) is 0. The van der Waals surface area contributed by atoms with Crippen molar-refractivity contribution in [3.05, 3.63) is 10.1 Å². The third-order valence-electron chi connectivity index (χ3n) is 1.95. The average molecular weight is 175 g/mol. The van der Waals surface area contributed by atoms with Crippen molar-refractivity contribution in [1.29, 1.82) is 0 Å². The number of unbranched alkanes of at least 4 members (excludes halogenated alkanes) is 1. The lowest BCUT2D eigenvalue weighted by atomic mass is 10.00. The van der Waals surface area contributed by atoms with Gasteiger partial charge in [-0.1, -0.05) is 26.7 Å². The third-order valence-corrected chi connectivity index (χ3v) is 1.95. The Balaban J connectivity index is 3.60. The van der Waals surface area contributed by atoms with E-state index in [9.17, 15) is 15.2 Å². The minimum atomic E-state index is -0.518. The van der Waals surface area contributed by atoms with Gasteiger partial charge < -0.3 is 5.11 Å². The first-order valence-electron chi connectivity index (χ1n) is 4.37. The standard InChI is InChI=1S/C8H17NO3/c1-3-4-5-8(10)7(2)6-9(11)12/h7-8,10H,3-6H2,1-2H3. The second kappa shape index (κ2) is 5.94. The van der Waals surface area contributed by atoms with Crippen molar-refractivity contribution in [2.75, 3.05) is 6.54 Å². The lowest BCUT2D eigenvalue weighted by molar-refractivity contribution is -0.489. The van der Waals surface area contributed by atoms with Crippen LogP contribution in [-0.2, 0) is 0 Å². The van der Waals surface area contributed by atoms with Crippen LogP contribution in [0.25, 0.3) is 0 Å². The Hall–Kier alpha value is -0.640. The second-order valence-electron chi connectivity index (χ2n) is 3.20. The van der Waals surface area contributed by atoms with Crippen LogP contribution in [-0.4, -0.2) is 22.7 Å². The minimum absolute atomic E-state index is 0.134. The molecule has 0 aliphatic heterocycles. The van der Waals surface area contributed by atoms with Crippen LogP contribution in [0.2, 0.25) is 0 Å². The van der Waals surface area contributed by atoms with Gasteiger partial charge in [-0.15, -0.1) is 0 Å². The van der Waals surface area contributed by atoms with Gasteiger partial charge in [-0.05, 0) is 6.42 Å². The molecule has 1 N–H and O–H groups in total. The van der Waals surface area contributed by atoms with Crippen LogP contribution in [0.5, 0.6) is 0 Å². The summed E-state index contributed by atoms with van der Waals surface area (Å²) in [5.74, 6) is -0.230. The number of hydrogen-bond acceptors (Lipinski definition) is 3. The Morgan fingerprint density at radius 3 is 2.58 bits per heavy atom. The monoisotopic (exact) mass is 175 g/mol. The molecule has 0 rings (SSSR count). The first kappa shape index (κ1) is 11.4. The Morgan fingerprint density at radius 2 is 2.17 bits per heavy atom. The number of nitro groups is 1. The minimum Gasteiger partial charge on any atom is -0.393 e. The molecule has 0 aliphatic rings. The van der Waals surface area contributed by atoms with Gasteiger partial charge in [0, 0.05) is 10.8 Å². The summed E-state index contributed by atoms with van der Waals surface area (Å²) in [6.45, 7) is 3.61. The lowest BCUT2D eigenvalue weighted by Crippen LogP contribution is -2.24. The lowest BCUT2D eigenvalue weighted by Gasteiger charge is -2.14. The molecule has 0 aromatic carbocycles. The molecular formula is C8H17NO3. The van der Waals surface area contributed by atoms with Crippen molar-refractivity contribution in [2.24, 2.45) is 5.92 Å². The highest BCUT2D eigenvalue weighted by molar-refractivity contribution is 4.62. The van der Waals surface area contributed by atoms with E-state index in [-0.39, 0.29) is 17.4 Å². The molecule has 0 aromatic rings. The zero-order chi connectivity index (χ0) is 9.56. The number of aliphatic hydroxyl groups excluding tert-OH is 1. The predicted molar refractivity (Wildman–Crippen MR) is 46.6 cm³/mol. The molecule has 0 saturated heterocycles. The van der Waals surface area contributed by atoms with E-state index in [1.54, 1.807) is 6.92 Å². The molecule has 0 bridgehead atoms. The number of nitrogens with zero attached hydrogens (tertiary/aromatic N) is 1. The molecule has 0 heterocycles. The maximum atomic E-state index is 10.1. The molecule has 0 radical (unpaired) electrons.